The van der Waals surface area contributed by atoms with Crippen LogP contribution in [0.2, 0.25) is 5.02 Å². The number of benzene rings is 2. The van der Waals surface area contributed by atoms with Gasteiger partial charge in [0.15, 0.2) is 0 Å². The van der Waals surface area contributed by atoms with E-state index in [1.54, 1.807) is 6.07 Å². The molecule has 0 aliphatic heterocycles. The van der Waals surface area contributed by atoms with Crippen LogP contribution in [0, 0.1) is 11.3 Å². The van der Waals surface area contributed by atoms with Crippen LogP contribution in [0.15, 0.2) is 47.4 Å². The van der Waals surface area contributed by atoms with Crippen molar-refractivity contribution in [1.82, 2.24) is 0 Å². The molecule has 8 heteroatoms. The van der Waals surface area contributed by atoms with Crippen molar-refractivity contribution in [2.75, 3.05) is 10.0 Å². The largest absolute Gasteiger partial charge is 0.326 e. The first-order chi connectivity index (χ1) is 10.8. The molecule has 0 atom stereocenters. The minimum absolute atomic E-state index is 0.00420. The number of halogens is 1. The molecule has 0 saturated heterocycles. The van der Waals surface area contributed by atoms with Gasteiger partial charge < -0.3 is 5.32 Å². The van der Waals surface area contributed by atoms with E-state index in [-0.39, 0.29) is 27.1 Å². The minimum Gasteiger partial charge on any atom is -0.326 e. The molecule has 6 nitrogen and oxygen atoms in total. The summed E-state index contributed by atoms with van der Waals surface area (Å²) in [5.41, 5.74) is 0.635. The first-order valence-corrected chi connectivity index (χ1v) is 8.28. The summed E-state index contributed by atoms with van der Waals surface area (Å²) in [6, 6.07) is 12.0. The highest BCUT2D eigenvalue weighted by Gasteiger charge is 2.17. The second-order valence-corrected chi connectivity index (χ2v) is 6.67. The Morgan fingerprint density at radius 1 is 1.17 bits per heavy atom. The average molecular weight is 350 g/mol. The zero-order valence-electron chi connectivity index (χ0n) is 12.0. The second-order valence-electron chi connectivity index (χ2n) is 4.59. The van der Waals surface area contributed by atoms with Gasteiger partial charge in [0.1, 0.15) is 6.07 Å². The maximum Gasteiger partial charge on any atom is 0.261 e. The highest BCUT2D eigenvalue weighted by molar-refractivity contribution is 7.92. The number of hydrogen-bond acceptors (Lipinski definition) is 4. The summed E-state index contributed by atoms with van der Waals surface area (Å²) >= 11 is 5.88. The van der Waals surface area contributed by atoms with Gasteiger partial charge in [-0.1, -0.05) is 17.7 Å². The Kier molecular flexibility index (Phi) is 4.89. The van der Waals surface area contributed by atoms with Crippen molar-refractivity contribution >= 4 is 38.9 Å². The molecule has 0 bridgehead atoms. The van der Waals surface area contributed by atoms with Gasteiger partial charge in [0.25, 0.3) is 10.0 Å². The van der Waals surface area contributed by atoms with Crippen molar-refractivity contribution < 1.29 is 13.2 Å². The summed E-state index contributed by atoms with van der Waals surface area (Å²) in [6.07, 6.45) is 0. The van der Waals surface area contributed by atoms with E-state index in [2.05, 4.69) is 10.0 Å². The quantitative estimate of drug-likeness (QED) is 0.886. The maximum atomic E-state index is 12.4. The third-order valence-corrected chi connectivity index (χ3v) is 4.55. The Balaban J connectivity index is 2.31. The molecule has 0 spiro atoms. The van der Waals surface area contributed by atoms with Gasteiger partial charge in [0.2, 0.25) is 5.91 Å². The standard InChI is InChI=1S/C15H12ClN3O3S/c1-10(20)18-11-5-7-12(8-6-11)23(21,22)19-15-4-2-3-14(16)13(15)9-17/h2-8,19H,1H3,(H,18,20). The summed E-state index contributed by atoms with van der Waals surface area (Å²) in [5, 5.41) is 11.8. The number of anilines is 2. The van der Waals surface area contributed by atoms with Crippen molar-refractivity contribution in [3.05, 3.63) is 53.1 Å². The first-order valence-electron chi connectivity index (χ1n) is 6.42. The summed E-state index contributed by atoms with van der Waals surface area (Å²) in [6.45, 7) is 1.36. The van der Waals surface area contributed by atoms with Crippen LogP contribution >= 0.6 is 11.6 Å². The molecular formula is C15H12ClN3O3S. The lowest BCUT2D eigenvalue weighted by atomic mass is 10.2. The molecule has 2 aromatic rings. The van der Waals surface area contributed by atoms with Gasteiger partial charge in [0.05, 0.1) is 21.2 Å². The van der Waals surface area contributed by atoms with Gasteiger partial charge in [-0.2, -0.15) is 5.26 Å². The van der Waals surface area contributed by atoms with Crippen LogP contribution in [-0.2, 0) is 14.8 Å². The van der Waals surface area contributed by atoms with E-state index in [0.717, 1.165) is 0 Å². The Morgan fingerprint density at radius 2 is 1.83 bits per heavy atom. The fraction of sp³-hybridized carbons (Fsp3) is 0.0667. The van der Waals surface area contributed by atoms with E-state index in [1.807, 2.05) is 6.07 Å². The van der Waals surface area contributed by atoms with Crippen molar-refractivity contribution in [2.24, 2.45) is 0 Å². The number of sulfonamides is 1. The topological polar surface area (TPSA) is 99.1 Å². The maximum absolute atomic E-state index is 12.4. The van der Waals surface area contributed by atoms with Crippen LogP contribution in [0.1, 0.15) is 12.5 Å². The Bertz CT molecular complexity index is 887. The lowest BCUT2D eigenvalue weighted by Crippen LogP contribution is -2.14. The van der Waals surface area contributed by atoms with E-state index in [1.165, 1.54) is 43.3 Å². The summed E-state index contributed by atoms with van der Waals surface area (Å²) < 4.78 is 27.1. The van der Waals surface area contributed by atoms with Crippen molar-refractivity contribution in [3.63, 3.8) is 0 Å². The number of carbonyl (C=O) groups excluding carboxylic acids is 1. The molecule has 0 aliphatic rings. The zero-order chi connectivity index (χ0) is 17.0. The van der Waals surface area contributed by atoms with Crippen molar-refractivity contribution in [2.45, 2.75) is 11.8 Å². The van der Waals surface area contributed by atoms with Crippen LogP contribution in [-0.4, -0.2) is 14.3 Å². The van der Waals surface area contributed by atoms with Crippen molar-refractivity contribution in [1.29, 1.82) is 5.26 Å². The van der Waals surface area contributed by atoms with E-state index in [9.17, 15) is 13.2 Å². The van der Waals surface area contributed by atoms with Crippen LogP contribution < -0.4 is 10.0 Å². The van der Waals surface area contributed by atoms with Gasteiger partial charge in [-0.15, -0.1) is 0 Å². The third kappa shape index (κ3) is 4.00. The van der Waals surface area contributed by atoms with Crippen LogP contribution in [0.4, 0.5) is 11.4 Å². The number of amides is 1. The third-order valence-electron chi connectivity index (χ3n) is 2.85. The lowest BCUT2D eigenvalue weighted by Gasteiger charge is -2.11. The van der Waals surface area contributed by atoms with Crippen LogP contribution in [0.25, 0.3) is 0 Å². The number of rotatable bonds is 4. The first kappa shape index (κ1) is 16.8. The molecular weight excluding hydrogens is 338 g/mol. The fourth-order valence-corrected chi connectivity index (χ4v) is 3.14. The number of nitriles is 1. The van der Waals surface area contributed by atoms with Gasteiger partial charge in [-0.3, -0.25) is 9.52 Å². The van der Waals surface area contributed by atoms with Gasteiger partial charge in [-0.25, -0.2) is 8.42 Å². The number of carbonyl (C=O) groups is 1. The summed E-state index contributed by atoms with van der Waals surface area (Å²) in [7, 11) is -3.88. The Labute approximate surface area is 138 Å². The summed E-state index contributed by atoms with van der Waals surface area (Å²) in [4.78, 5) is 10.9. The lowest BCUT2D eigenvalue weighted by molar-refractivity contribution is -0.114. The average Bonchev–Trinajstić information content (AvgIpc) is 2.47. The fourth-order valence-electron chi connectivity index (χ4n) is 1.85. The second kappa shape index (κ2) is 6.69. The van der Waals surface area contributed by atoms with E-state index < -0.39 is 10.0 Å². The smallest absolute Gasteiger partial charge is 0.261 e. The van der Waals surface area contributed by atoms with Gasteiger partial charge in [0, 0.05) is 12.6 Å². The molecule has 1 amide bonds. The zero-order valence-corrected chi connectivity index (χ0v) is 13.6. The molecule has 0 fully saturated rings. The SMILES string of the molecule is CC(=O)Nc1ccc(S(=O)(=O)Nc2cccc(Cl)c2C#N)cc1. The predicted octanol–water partition coefficient (Wildman–Crippen LogP) is 2.97. The number of hydrogen-bond donors (Lipinski definition) is 2. The molecule has 0 unspecified atom stereocenters. The molecule has 0 saturated carbocycles. The molecule has 0 heterocycles. The monoisotopic (exact) mass is 349 g/mol. The Morgan fingerprint density at radius 3 is 2.39 bits per heavy atom. The molecule has 0 aromatic heterocycles. The van der Waals surface area contributed by atoms with E-state index in [4.69, 9.17) is 16.9 Å². The molecule has 23 heavy (non-hydrogen) atoms. The van der Waals surface area contributed by atoms with E-state index >= 15 is 0 Å². The molecule has 118 valence electrons. The molecule has 2 rings (SSSR count). The highest BCUT2D eigenvalue weighted by Crippen LogP contribution is 2.26. The van der Waals surface area contributed by atoms with Crippen LogP contribution in [0.5, 0.6) is 0 Å². The molecule has 2 N–H and O–H groups in total. The van der Waals surface area contributed by atoms with Gasteiger partial charge in [-0.05, 0) is 36.4 Å². The number of nitrogens with one attached hydrogen (secondary N) is 2. The molecule has 0 aliphatic carbocycles. The normalized spacial score (nSPS) is 10.7. The predicted molar refractivity (Wildman–Crippen MR) is 87.7 cm³/mol. The highest BCUT2D eigenvalue weighted by atomic mass is 35.5. The molecule has 0 radical (unpaired) electrons. The van der Waals surface area contributed by atoms with Crippen LogP contribution in [0.3, 0.4) is 0 Å². The van der Waals surface area contributed by atoms with E-state index in [0.29, 0.717) is 5.69 Å². The molecule has 2 aromatic carbocycles. The van der Waals surface area contributed by atoms with Crippen molar-refractivity contribution in [3.8, 4) is 6.07 Å². The summed E-state index contributed by atoms with van der Waals surface area (Å²) in [5.74, 6) is -0.253. The number of nitrogens with zero attached hydrogens (tertiary/aromatic N) is 1. The Hall–Kier alpha value is -2.56. The minimum atomic E-state index is -3.88. The van der Waals surface area contributed by atoms with Gasteiger partial charge >= 0.3 is 0 Å².